The molecule has 25 heavy (non-hydrogen) atoms. The number of benzene rings is 1. The van der Waals surface area contributed by atoms with Crippen LogP contribution in [0, 0.1) is 5.82 Å². The van der Waals surface area contributed by atoms with Gasteiger partial charge in [0.25, 0.3) is 5.91 Å². The van der Waals surface area contributed by atoms with Gasteiger partial charge >= 0.3 is 0 Å². The third kappa shape index (κ3) is 3.78. The topological polar surface area (TPSA) is 75.4 Å². The van der Waals surface area contributed by atoms with Gasteiger partial charge in [-0.1, -0.05) is 12.1 Å². The van der Waals surface area contributed by atoms with Crippen LogP contribution >= 0.6 is 11.3 Å². The predicted octanol–water partition coefficient (Wildman–Crippen LogP) is 3.71. The van der Waals surface area contributed by atoms with E-state index in [4.69, 9.17) is 4.52 Å². The lowest BCUT2D eigenvalue weighted by molar-refractivity contribution is 0.0914. The van der Waals surface area contributed by atoms with Crippen LogP contribution in [0.15, 0.2) is 45.6 Å². The summed E-state index contributed by atoms with van der Waals surface area (Å²) in [6.07, 6.45) is -0.0887. The highest BCUT2D eigenvalue weighted by Gasteiger charge is 2.25. The molecule has 0 radical (unpaired) electrons. The SMILES string of the molecule is CCC(O)CNC(=O)c1c(-c2ccc(F)cc2)noc1-c1ccsc1. The van der Waals surface area contributed by atoms with Crippen molar-refractivity contribution in [1.29, 1.82) is 0 Å². The molecule has 2 aromatic heterocycles. The minimum absolute atomic E-state index is 0.131. The van der Waals surface area contributed by atoms with Crippen LogP contribution in [0.25, 0.3) is 22.6 Å². The number of amides is 1. The largest absolute Gasteiger partial charge is 0.391 e. The van der Waals surface area contributed by atoms with Crippen molar-refractivity contribution in [1.82, 2.24) is 10.5 Å². The predicted molar refractivity (Wildman–Crippen MR) is 93.8 cm³/mol. The van der Waals surface area contributed by atoms with Crippen molar-refractivity contribution in [3.05, 3.63) is 52.5 Å². The molecule has 0 bridgehead atoms. The minimum Gasteiger partial charge on any atom is -0.391 e. The summed E-state index contributed by atoms with van der Waals surface area (Å²) < 4.78 is 18.6. The number of hydrogen-bond donors (Lipinski definition) is 2. The lowest BCUT2D eigenvalue weighted by atomic mass is 10.0. The number of thiophene rings is 1. The van der Waals surface area contributed by atoms with E-state index in [1.54, 1.807) is 12.1 Å². The number of nitrogens with zero attached hydrogens (tertiary/aromatic N) is 1. The first-order chi connectivity index (χ1) is 12.1. The fraction of sp³-hybridized carbons (Fsp3) is 0.222. The second-order valence-electron chi connectivity index (χ2n) is 5.53. The molecule has 130 valence electrons. The van der Waals surface area contributed by atoms with Gasteiger partial charge in [0.1, 0.15) is 17.1 Å². The molecule has 0 aliphatic rings. The molecule has 2 N–H and O–H groups in total. The second kappa shape index (κ2) is 7.58. The summed E-state index contributed by atoms with van der Waals surface area (Å²) in [5, 5.41) is 20.1. The number of aliphatic hydroxyl groups is 1. The van der Waals surface area contributed by atoms with Gasteiger partial charge in [-0.25, -0.2) is 4.39 Å². The van der Waals surface area contributed by atoms with Crippen molar-refractivity contribution < 1.29 is 18.8 Å². The smallest absolute Gasteiger partial charge is 0.257 e. The minimum atomic E-state index is -0.623. The van der Waals surface area contributed by atoms with Crippen LogP contribution in [-0.2, 0) is 0 Å². The molecule has 1 aromatic carbocycles. The summed E-state index contributed by atoms with van der Waals surface area (Å²) in [5.41, 5.74) is 1.93. The van der Waals surface area contributed by atoms with Crippen molar-refractivity contribution in [3.63, 3.8) is 0 Å². The van der Waals surface area contributed by atoms with Crippen LogP contribution in [0.5, 0.6) is 0 Å². The van der Waals surface area contributed by atoms with E-state index in [9.17, 15) is 14.3 Å². The van der Waals surface area contributed by atoms with E-state index in [1.807, 2.05) is 23.8 Å². The van der Waals surface area contributed by atoms with Gasteiger partial charge < -0.3 is 14.9 Å². The van der Waals surface area contributed by atoms with Gasteiger partial charge in [-0.05, 0) is 42.1 Å². The first kappa shape index (κ1) is 17.3. The molecule has 5 nitrogen and oxygen atoms in total. The van der Waals surface area contributed by atoms with Gasteiger partial charge in [-0.3, -0.25) is 4.79 Å². The zero-order valence-corrected chi connectivity index (χ0v) is 14.3. The summed E-state index contributed by atoms with van der Waals surface area (Å²) in [6, 6.07) is 7.52. The number of aliphatic hydroxyl groups excluding tert-OH is 1. The Labute approximate surface area is 148 Å². The van der Waals surface area contributed by atoms with Crippen molar-refractivity contribution in [2.24, 2.45) is 0 Å². The molecule has 1 atom stereocenters. The Morgan fingerprint density at radius 1 is 1.32 bits per heavy atom. The fourth-order valence-corrected chi connectivity index (χ4v) is 2.98. The zero-order chi connectivity index (χ0) is 17.8. The second-order valence-corrected chi connectivity index (χ2v) is 6.31. The van der Waals surface area contributed by atoms with Crippen molar-refractivity contribution in [2.75, 3.05) is 6.54 Å². The summed E-state index contributed by atoms with van der Waals surface area (Å²) in [5.74, 6) is -0.416. The molecule has 2 heterocycles. The van der Waals surface area contributed by atoms with Gasteiger partial charge in [0, 0.05) is 23.1 Å². The molecule has 0 saturated heterocycles. The van der Waals surface area contributed by atoms with Crippen LogP contribution in [0.2, 0.25) is 0 Å². The number of hydrogen-bond acceptors (Lipinski definition) is 5. The van der Waals surface area contributed by atoms with Crippen LogP contribution < -0.4 is 5.32 Å². The average molecular weight is 360 g/mol. The number of aromatic nitrogens is 1. The summed E-state index contributed by atoms with van der Waals surface area (Å²) in [7, 11) is 0. The van der Waals surface area contributed by atoms with Crippen molar-refractivity contribution in [3.8, 4) is 22.6 Å². The lowest BCUT2D eigenvalue weighted by Crippen LogP contribution is -2.32. The first-order valence-electron chi connectivity index (χ1n) is 7.84. The quantitative estimate of drug-likeness (QED) is 0.703. The maximum Gasteiger partial charge on any atom is 0.257 e. The summed E-state index contributed by atoms with van der Waals surface area (Å²) in [6.45, 7) is 1.96. The molecular formula is C18H17FN2O3S. The van der Waals surface area contributed by atoms with E-state index in [-0.39, 0.29) is 17.9 Å². The number of carbonyl (C=O) groups is 1. The van der Waals surface area contributed by atoms with E-state index in [1.165, 1.54) is 23.5 Å². The monoisotopic (exact) mass is 360 g/mol. The average Bonchev–Trinajstić information content (AvgIpc) is 3.29. The maximum absolute atomic E-state index is 13.2. The number of halogens is 1. The maximum atomic E-state index is 13.2. The number of nitrogens with one attached hydrogen (secondary N) is 1. The van der Waals surface area contributed by atoms with Crippen molar-refractivity contribution in [2.45, 2.75) is 19.4 Å². The first-order valence-corrected chi connectivity index (χ1v) is 8.79. The Balaban J connectivity index is 2.01. The highest BCUT2D eigenvalue weighted by Crippen LogP contribution is 2.33. The van der Waals surface area contributed by atoms with E-state index in [2.05, 4.69) is 10.5 Å². The summed E-state index contributed by atoms with van der Waals surface area (Å²) >= 11 is 1.47. The molecule has 3 rings (SSSR count). The van der Waals surface area contributed by atoms with Gasteiger partial charge in [-0.2, -0.15) is 11.3 Å². The number of carbonyl (C=O) groups excluding carboxylic acids is 1. The molecule has 3 aromatic rings. The Morgan fingerprint density at radius 3 is 2.72 bits per heavy atom. The normalized spacial score (nSPS) is 12.1. The molecule has 0 saturated carbocycles. The molecule has 0 aliphatic heterocycles. The van der Waals surface area contributed by atoms with Crippen LogP contribution in [-0.4, -0.2) is 28.8 Å². The van der Waals surface area contributed by atoms with Crippen LogP contribution in [0.1, 0.15) is 23.7 Å². The molecule has 1 amide bonds. The third-order valence-electron chi connectivity index (χ3n) is 3.79. The molecule has 0 fully saturated rings. The van der Waals surface area contributed by atoms with E-state index in [0.29, 0.717) is 23.4 Å². The highest BCUT2D eigenvalue weighted by molar-refractivity contribution is 7.08. The Hall–Kier alpha value is -2.51. The van der Waals surface area contributed by atoms with E-state index < -0.39 is 12.0 Å². The summed E-state index contributed by atoms with van der Waals surface area (Å²) in [4.78, 5) is 12.7. The third-order valence-corrected chi connectivity index (χ3v) is 4.47. The fourth-order valence-electron chi connectivity index (χ4n) is 2.34. The lowest BCUT2D eigenvalue weighted by Gasteiger charge is -2.10. The van der Waals surface area contributed by atoms with E-state index >= 15 is 0 Å². The zero-order valence-electron chi connectivity index (χ0n) is 13.5. The molecule has 0 spiro atoms. The van der Waals surface area contributed by atoms with Crippen LogP contribution in [0.4, 0.5) is 4.39 Å². The Bertz CT molecular complexity index is 844. The van der Waals surface area contributed by atoms with Gasteiger partial charge in [0.15, 0.2) is 5.76 Å². The molecular weight excluding hydrogens is 343 g/mol. The van der Waals surface area contributed by atoms with Gasteiger partial charge in [0.05, 0.1) is 6.10 Å². The number of rotatable bonds is 6. The molecule has 0 aliphatic carbocycles. The van der Waals surface area contributed by atoms with Crippen LogP contribution in [0.3, 0.4) is 0 Å². The Kier molecular flexibility index (Phi) is 5.25. The van der Waals surface area contributed by atoms with E-state index in [0.717, 1.165) is 5.56 Å². The molecule has 7 heteroatoms. The van der Waals surface area contributed by atoms with Gasteiger partial charge in [-0.15, -0.1) is 0 Å². The highest BCUT2D eigenvalue weighted by atomic mass is 32.1. The standard InChI is InChI=1S/C18H17FN2O3S/c1-2-14(22)9-20-18(23)15-16(11-3-5-13(19)6-4-11)21-24-17(15)12-7-8-25-10-12/h3-8,10,14,22H,2,9H2,1H3,(H,20,23). The van der Waals surface area contributed by atoms with Crippen molar-refractivity contribution >= 4 is 17.2 Å². The Morgan fingerprint density at radius 2 is 2.08 bits per heavy atom. The molecule has 1 unspecified atom stereocenters. The van der Waals surface area contributed by atoms with Gasteiger partial charge in [0.2, 0.25) is 0 Å².